The summed E-state index contributed by atoms with van der Waals surface area (Å²) in [6.07, 6.45) is 2.00. The van der Waals surface area contributed by atoms with Crippen LogP contribution in [0, 0.1) is 13.8 Å². The molecule has 2 rings (SSSR count). The van der Waals surface area contributed by atoms with Gasteiger partial charge in [0, 0.05) is 31.9 Å². The number of aryl methyl sites for hydroxylation is 2. The Bertz CT molecular complexity index is 316. The largest absolute Gasteiger partial charge is 0.368 e. The molecule has 3 nitrogen and oxygen atoms in total. The van der Waals surface area contributed by atoms with Crippen molar-refractivity contribution in [3.8, 4) is 0 Å². The highest BCUT2D eigenvalue weighted by molar-refractivity contribution is 5.52. The third-order valence-corrected chi connectivity index (χ3v) is 2.68. The van der Waals surface area contributed by atoms with Gasteiger partial charge in [-0.3, -0.25) is 4.98 Å². The van der Waals surface area contributed by atoms with E-state index in [1.54, 1.807) is 0 Å². The molecule has 1 aliphatic heterocycles. The quantitative estimate of drug-likeness (QED) is 0.720. The Balaban J connectivity index is 2.22. The standard InChI is InChI=1S/C11H17N3/c1-9-7-10(2)13-8-11(9)14-5-3-12-4-6-14/h7-8,12H,3-6H2,1-2H3. The van der Waals surface area contributed by atoms with Crippen molar-refractivity contribution < 1.29 is 0 Å². The van der Waals surface area contributed by atoms with E-state index >= 15 is 0 Å². The van der Waals surface area contributed by atoms with Crippen LogP contribution in [0.2, 0.25) is 0 Å². The van der Waals surface area contributed by atoms with Crippen LogP contribution in [-0.4, -0.2) is 31.2 Å². The zero-order valence-electron chi connectivity index (χ0n) is 8.88. The molecule has 1 N–H and O–H groups in total. The van der Waals surface area contributed by atoms with Crippen molar-refractivity contribution in [3.63, 3.8) is 0 Å². The third-order valence-electron chi connectivity index (χ3n) is 2.68. The van der Waals surface area contributed by atoms with E-state index in [1.165, 1.54) is 11.3 Å². The highest BCUT2D eigenvalue weighted by Gasteiger charge is 2.12. The zero-order chi connectivity index (χ0) is 9.97. The van der Waals surface area contributed by atoms with Crippen LogP contribution in [-0.2, 0) is 0 Å². The van der Waals surface area contributed by atoms with Crippen molar-refractivity contribution in [2.24, 2.45) is 0 Å². The fraction of sp³-hybridized carbons (Fsp3) is 0.545. The van der Waals surface area contributed by atoms with E-state index in [1.807, 2.05) is 13.1 Å². The van der Waals surface area contributed by atoms with Gasteiger partial charge in [-0.1, -0.05) is 0 Å². The second kappa shape index (κ2) is 3.96. The molecule has 76 valence electrons. The minimum absolute atomic E-state index is 1.08. The minimum Gasteiger partial charge on any atom is -0.368 e. The van der Waals surface area contributed by atoms with Gasteiger partial charge in [0.05, 0.1) is 11.9 Å². The molecule has 0 atom stereocenters. The van der Waals surface area contributed by atoms with E-state index < -0.39 is 0 Å². The van der Waals surface area contributed by atoms with Gasteiger partial charge in [0.2, 0.25) is 0 Å². The van der Waals surface area contributed by atoms with Gasteiger partial charge in [0.25, 0.3) is 0 Å². The summed E-state index contributed by atoms with van der Waals surface area (Å²) in [5.41, 5.74) is 3.72. The third kappa shape index (κ3) is 1.87. The van der Waals surface area contributed by atoms with Gasteiger partial charge < -0.3 is 10.2 Å². The lowest BCUT2D eigenvalue weighted by Crippen LogP contribution is -2.43. The summed E-state index contributed by atoms with van der Waals surface area (Å²) in [5, 5.41) is 3.35. The predicted octanol–water partition coefficient (Wildman–Crippen LogP) is 1.11. The van der Waals surface area contributed by atoms with Gasteiger partial charge in [-0.25, -0.2) is 0 Å². The Labute approximate surface area is 85.1 Å². The number of rotatable bonds is 1. The zero-order valence-corrected chi connectivity index (χ0v) is 8.88. The number of hydrogen-bond acceptors (Lipinski definition) is 3. The molecular weight excluding hydrogens is 174 g/mol. The minimum atomic E-state index is 1.08. The molecular formula is C11H17N3. The second-order valence-corrected chi connectivity index (χ2v) is 3.85. The van der Waals surface area contributed by atoms with Crippen molar-refractivity contribution in [3.05, 3.63) is 23.5 Å². The topological polar surface area (TPSA) is 28.2 Å². The van der Waals surface area contributed by atoms with Crippen molar-refractivity contribution >= 4 is 5.69 Å². The second-order valence-electron chi connectivity index (χ2n) is 3.85. The monoisotopic (exact) mass is 191 g/mol. The number of nitrogens with one attached hydrogen (secondary N) is 1. The van der Waals surface area contributed by atoms with Gasteiger partial charge in [0.1, 0.15) is 0 Å². The molecule has 1 aromatic heterocycles. The van der Waals surface area contributed by atoms with E-state index in [2.05, 4.69) is 28.2 Å². The normalized spacial score (nSPS) is 17.1. The number of aromatic nitrogens is 1. The molecule has 0 aliphatic carbocycles. The van der Waals surface area contributed by atoms with Crippen LogP contribution in [0.4, 0.5) is 5.69 Å². The summed E-state index contributed by atoms with van der Waals surface area (Å²) in [6, 6.07) is 2.15. The maximum absolute atomic E-state index is 4.35. The molecule has 1 aromatic rings. The Morgan fingerprint density at radius 2 is 2.00 bits per heavy atom. The van der Waals surface area contributed by atoms with Gasteiger partial charge >= 0.3 is 0 Å². The van der Waals surface area contributed by atoms with E-state index in [-0.39, 0.29) is 0 Å². The van der Waals surface area contributed by atoms with Crippen molar-refractivity contribution in [2.45, 2.75) is 13.8 Å². The first-order chi connectivity index (χ1) is 6.77. The molecule has 1 aliphatic rings. The first-order valence-electron chi connectivity index (χ1n) is 5.16. The Morgan fingerprint density at radius 3 is 2.64 bits per heavy atom. The molecule has 0 amide bonds. The molecule has 0 saturated carbocycles. The van der Waals surface area contributed by atoms with E-state index in [0.29, 0.717) is 0 Å². The highest BCUT2D eigenvalue weighted by atomic mass is 15.2. The van der Waals surface area contributed by atoms with E-state index in [4.69, 9.17) is 0 Å². The van der Waals surface area contributed by atoms with Gasteiger partial charge in [-0.2, -0.15) is 0 Å². The highest BCUT2D eigenvalue weighted by Crippen LogP contribution is 2.19. The molecule has 0 bridgehead atoms. The summed E-state index contributed by atoms with van der Waals surface area (Å²) in [7, 11) is 0. The average molecular weight is 191 g/mol. The lowest BCUT2D eigenvalue weighted by atomic mass is 10.2. The van der Waals surface area contributed by atoms with Crippen LogP contribution in [0.3, 0.4) is 0 Å². The molecule has 0 spiro atoms. The van der Waals surface area contributed by atoms with Crippen LogP contribution in [0.1, 0.15) is 11.3 Å². The summed E-state index contributed by atoms with van der Waals surface area (Å²) < 4.78 is 0. The summed E-state index contributed by atoms with van der Waals surface area (Å²) in [4.78, 5) is 6.75. The average Bonchev–Trinajstić information content (AvgIpc) is 2.19. The Kier molecular flexibility index (Phi) is 2.68. The smallest absolute Gasteiger partial charge is 0.0583 e. The first-order valence-corrected chi connectivity index (χ1v) is 5.16. The van der Waals surface area contributed by atoms with Crippen LogP contribution in [0.15, 0.2) is 12.3 Å². The maximum atomic E-state index is 4.35. The Hall–Kier alpha value is -1.09. The lowest BCUT2D eigenvalue weighted by Gasteiger charge is -2.30. The number of nitrogens with zero attached hydrogens (tertiary/aromatic N) is 2. The van der Waals surface area contributed by atoms with Crippen LogP contribution in [0.5, 0.6) is 0 Å². The SMILES string of the molecule is Cc1cc(C)c(N2CCNCC2)cn1. The van der Waals surface area contributed by atoms with Gasteiger partial charge in [-0.05, 0) is 25.5 Å². The first kappa shape index (κ1) is 9.46. The van der Waals surface area contributed by atoms with E-state index in [0.717, 1.165) is 31.9 Å². The van der Waals surface area contributed by atoms with Crippen molar-refractivity contribution in [1.29, 1.82) is 0 Å². The van der Waals surface area contributed by atoms with Gasteiger partial charge in [0.15, 0.2) is 0 Å². The molecule has 14 heavy (non-hydrogen) atoms. The molecule has 0 unspecified atom stereocenters. The molecule has 3 heteroatoms. The fourth-order valence-corrected chi connectivity index (χ4v) is 1.93. The van der Waals surface area contributed by atoms with Crippen LogP contribution in [0.25, 0.3) is 0 Å². The van der Waals surface area contributed by atoms with Crippen LogP contribution < -0.4 is 10.2 Å². The summed E-state index contributed by atoms with van der Waals surface area (Å²) in [5.74, 6) is 0. The van der Waals surface area contributed by atoms with Crippen molar-refractivity contribution in [2.75, 3.05) is 31.1 Å². The molecule has 0 aromatic carbocycles. The number of anilines is 1. The molecule has 1 fully saturated rings. The lowest BCUT2D eigenvalue weighted by molar-refractivity contribution is 0.588. The molecule has 2 heterocycles. The number of pyridine rings is 1. The Morgan fingerprint density at radius 1 is 1.29 bits per heavy atom. The maximum Gasteiger partial charge on any atom is 0.0583 e. The van der Waals surface area contributed by atoms with Crippen molar-refractivity contribution in [1.82, 2.24) is 10.3 Å². The number of piperazine rings is 1. The fourth-order valence-electron chi connectivity index (χ4n) is 1.93. The molecule has 1 saturated heterocycles. The molecule has 0 radical (unpaired) electrons. The van der Waals surface area contributed by atoms with E-state index in [9.17, 15) is 0 Å². The summed E-state index contributed by atoms with van der Waals surface area (Å²) >= 11 is 0. The van der Waals surface area contributed by atoms with Crippen LogP contribution >= 0.6 is 0 Å². The van der Waals surface area contributed by atoms with Gasteiger partial charge in [-0.15, -0.1) is 0 Å². The summed E-state index contributed by atoms with van der Waals surface area (Å²) in [6.45, 7) is 8.53. The number of hydrogen-bond donors (Lipinski definition) is 1. The predicted molar refractivity (Wildman–Crippen MR) is 58.8 cm³/mol.